The largest absolute Gasteiger partial charge is 0.497 e. The second-order valence-electron chi connectivity index (χ2n) is 5.02. The van der Waals surface area contributed by atoms with E-state index in [4.69, 9.17) is 13.0 Å². The summed E-state index contributed by atoms with van der Waals surface area (Å²) in [6.45, 7) is -1.97. The van der Waals surface area contributed by atoms with Gasteiger partial charge < -0.3 is 14.2 Å². The zero-order valence-electron chi connectivity index (χ0n) is 16.9. The number of nitrogens with zero attached hydrogens (tertiary/aromatic N) is 2. The van der Waals surface area contributed by atoms with Crippen molar-refractivity contribution in [1.82, 2.24) is 9.47 Å². The van der Waals surface area contributed by atoms with Crippen LogP contribution in [0.15, 0.2) is 30.5 Å². The van der Waals surface area contributed by atoms with Gasteiger partial charge in [-0.15, -0.1) is 0 Å². The molecule has 1 aromatic heterocycles. The van der Waals surface area contributed by atoms with Crippen molar-refractivity contribution in [1.29, 1.82) is 0 Å². The van der Waals surface area contributed by atoms with Crippen LogP contribution in [0.3, 0.4) is 0 Å². The van der Waals surface area contributed by atoms with Crippen molar-refractivity contribution in [3.8, 4) is 5.75 Å². The van der Waals surface area contributed by atoms with Crippen LogP contribution in [-0.2, 0) is 6.54 Å². The summed E-state index contributed by atoms with van der Waals surface area (Å²) in [6.07, 6.45) is 1.82. The molecule has 0 saturated carbocycles. The molecular weight excluding hydrogens is 224 g/mol. The fourth-order valence-corrected chi connectivity index (χ4v) is 1.93. The quantitative estimate of drug-likeness (QED) is 0.832. The Kier molecular flexibility index (Phi) is 1.86. The topological polar surface area (TPSA) is 17.4 Å². The van der Waals surface area contributed by atoms with Crippen molar-refractivity contribution in [2.24, 2.45) is 0 Å². The highest BCUT2D eigenvalue weighted by Crippen LogP contribution is 2.24. The zero-order valence-corrected chi connectivity index (χ0v) is 10.9. The predicted molar refractivity (Wildman–Crippen MR) is 76.3 cm³/mol. The average molecular weight is 252 g/mol. The Morgan fingerprint density at radius 1 is 1.33 bits per heavy atom. The van der Waals surface area contributed by atoms with Gasteiger partial charge in [-0.1, -0.05) is 0 Å². The number of ether oxygens (including phenoxy) is 1. The molecule has 0 radical (unpaired) electrons. The summed E-state index contributed by atoms with van der Waals surface area (Å²) in [5, 5.41) is 0.944. The second kappa shape index (κ2) is 4.65. The number of likely N-dealkylation sites (N-methyl/N-ethyl adjacent to an activating group) is 1. The third kappa shape index (κ3) is 2.36. The molecule has 0 atom stereocenters. The van der Waals surface area contributed by atoms with Gasteiger partial charge in [-0.2, -0.15) is 0 Å². The second-order valence-corrected chi connectivity index (χ2v) is 5.02. The number of rotatable bonds is 4. The molecule has 0 N–H and O–H groups in total. The minimum Gasteiger partial charge on any atom is -0.497 e. The highest BCUT2D eigenvalue weighted by Gasteiger charge is 2.21. The van der Waals surface area contributed by atoms with Gasteiger partial charge in [0.2, 0.25) is 0 Å². The summed E-state index contributed by atoms with van der Waals surface area (Å²) < 4.78 is 52.8. The summed E-state index contributed by atoms with van der Waals surface area (Å²) in [4.78, 5) is 0.627. The lowest BCUT2D eigenvalue weighted by Crippen LogP contribution is -2.41. The SMILES string of the molecule is [2H]C([2H])([2H])N(C([2H])([2H])[2H])C(C)(C)Cn1ccc2cc(OC)ccc21. The average Bonchev–Trinajstić information content (AvgIpc) is 2.76. The van der Waals surface area contributed by atoms with Crippen LogP contribution in [0.5, 0.6) is 5.75 Å². The highest BCUT2D eigenvalue weighted by molar-refractivity contribution is 5.81. The first-order valence-electron chi connectivity index (χ1n) is 8.79. The molecule has 3 heteroatoms. The molecule has 2 aromatic rings. The van der Waals surface area contributed by atoms with Gasteiger partial charge in [0, 0.05) is 37.4 Å². The minimum absolute atomic E-state index is 0.222. The summed E-state index contributed by atoms with van der Waals surface area (Å²) >= 11 is 0. The Morgan fingerprint density at radius 2 is 2.11 bits per heavy atom. The number of fused-ring (bicyclic) bond motifs is 1. The molecule has 98 valence electrons. The van der Waals surface area contributed by atoms with Crippen LogP contribution in [0.25, 0.3) is 10.9 Å². The van der Waals surface area contributed by atoms with Crippen LogP contribution < -0.4 is 4.74 Å². The number of methoxy groups -OCH3 is 1. The monoisotopic (exact) mass is 252 g/mol. The van der Waals surface area contributed by atoms with E-state index in [1.54, 1.807) is 21.0 Å². The smallest absolute Gasteiger partial charge is 0.119 e. The molecular formula is C15H22N2O. The Morgan fingerprint density at radius 3 is 2.78 bits per heavy atom. The van der Waals surface area contributed by atoms with E-state index >= 15 is 0 Å². The Labute approximate surface area is 117 Å². The summed E-state index contributed by atoms with van der Waals surface area (Å²) in [6, 6.07) is 7.46. The third-order valence-electron chi connectivity index (χ3n) is 3.14. The maximum Gasteiger partial charge on any atom is 0.119 e. The molecule has 1 aromatic carbocycles. The molecule has 0 saturated heterocycles. The third-order valence-corrected chi connectivity index (χ3v) is 3.14. The molecule has 1 heterocycles. The molecule has 0 aliphatic heterocycles. The van der Waals surface area contributed by atoms with Gasteiger partial charge in [-0.3, -0.25) is 0 Å². The van der Waals surface area contributed by atoms with Crippen LogP contribution in [-0.4, -0.2) is 36.1 Å². The van der Waals surface area contributed by atoms with E-state index in [0.717, 1.165) is 16.7 Å². The van der Waals surface area contributed by atoms with Crippen molar-refractivity contribution in [2.45, 2.75) is 25.9 Å². The lowest BCUT2D eigenvalue weighted by Gasteiger charge is -2.33. The Bertz CT molecular complexity index is 703. The molecule has 2 rings (SSSR count). The molecule has 0 amide bonds. The standard InChI is InChI=1S/C15H22N2O/c1-15(2,16(3)4)11-17-9-8-12-10-13(18-5)6-7-14(12)17/h6-10H,11H2,1-5H3/i3D3,4D3. The van der Waals surface area contributed by atoms with E-state index in [0.29, 0.717) is 4.90 Å². The normalized spacial score (nSPS) is 18.7. The first kappa shape index (κ1) is 7.19. The molecule has 0 spiro atoms. The van der Waals surface area contributed by atoms with Crippen LogP contribution in [0.4, 0.5) is 0 Å². The molecule has 0 aliphatic carbocycles. The fraction of sp³-hybridized carbons (Fsp3) is 0.467. The van der Waals surface area contributed by atoms with Gasteiger partial charge in [-0.25, -0.2) is 0 Å². The molecule has 18 heavy (non-hydrogen) atoms. The predicted octanol–water partition coefficient (Wildman–Crippen LogP) is 2.99. The van der Waals surface area contributed by atoms with Gasteiger partial charge in [0.05, 0.1) is 7.11 Å². The molecule has 3 nitrogen and oxygen atoms in total. The van der Waals surface area contributed by atoms with Gasteiger partial charge in [0.25, 0.3) is 0 Å². The first-order valence-corrected chi connectivity index (χ1v) is 5.79. The van der Waals surface area contributed by atoms with E-state index in [1.807, 2.05) is 35.0 Å². The van der Waals surface area contributed by atoms with Gasteiger partial charge in [0.15, 0.2) is 0 Å². The van der Waals surface area contributed by atoms with E-state index < -0.39 is 19.5 Å². The number of hydrogen-bond acceptors (Lipinski definition) is 2. The van der Waals surface area contributed by atoms with Crippen molar-refractivity contribution in [2.75, 3.05) is 21.1 Å². The van der Waals surface area contributed by atoms with Gasteiger partial charge in [0.1, 0.15) is 5.75 Å². The zero-order chi connectivity index (χ0) is 18.3. The van der Waals surface area contributed by atoms with E-state index in [9.17, 15) is 0 Å². The van der Waals surface area contributed by atoms with Gasteiger partial charge >= 0.3 is 0 Å². The fourth-order valence-electron chi connectivity index (χ4n) is 1.93. The number of aromatic nitrogens is 1. The first-order chi connectivity index (χ1) is 10.9. The Hall–Kier alpha value is -1.48. The molecule has 0 bridgehead atoms. The summed E-state index contributed by atoms with van der Waals surface area (Å²) in [5.74, 6) is 0.728. The maximum atomic E-state index is 7.62. The van der Waals surface area contributed by atoms with Crippen LogP contribution >= 0.6 is 0 Å². The van der Waals surface area contributed by atoms with Crippen molar-refractivity contribution >= 4 is 10.9 Å². The van der Waals surface area contributed by atoms with Crippen LogP contribution in [0.2, 0.25) is 0 Å². The van der Waals surface area contributed by atoms with E-state index in [-0.39, 0.29) is 6.54 Å². The van der Waals surface area contributed by atoms with Gasteiger partial charge in [-0.05, 0) is 52.1 Å². The van der Waals surface area contributed by atoms with Crippen molar-refractivity contribution < 1.29 is 13.0 Å². The Balaban J connectivity index is 2.41. The van der Waals surface area contributed by atoms with Crippen LogP contribution in [0.1, 0.15) is 22.1 Å². The number of benzene rings is 1. The van der Waals surface area contributed by atoms with E-state index in [2.05, 4.69) is 0 Å². The van der Waals surface area contributed by atoms with Crippen LogP contribution in [0, 0.1) is 0 Å². The van der Waals surface area contributed by atoms with E-state index in [1.165, 1.54) is 0 Å². The highest BCUT2D eigenvalue weighted by atomic mass is 16.5. The summed E-state index contributed by atoms with van der Waals surface area (Å²) in [7, 11) is 1.59. The molecule has 0 aliphatic rings. The lowest BCUT2D eigenvalue weighted by atomic mass is 10.0. The molecule has 0 fully saturated rings. The minimum atomic E-state index is -2.72. The van der Waals surface area contributed by atoms with Crippen molar-refractivity contribution in [3.63, 3.8) is 0 Å². The summed E-state index contributed by atoms with van der Waals surface area (Å²) in [5.41, 5.74) is -0.220. The maximum absolute atomic E-state index is 7.62. The lowest BCUT2D eigenvalue weighted by molar-refractivity contribution is 0.171. The molecule has 0 unspecified atom stereocenters. The van der Waals surface area contributed by atoms with Crippen molar-refractivity contribution in [3.05, 3.63) is 30.5 Å². The number of hydrogen-bond donors (Lipinski definition) is 0.